The first-order valence-corrected chi connectivity index (χ1v) is 7.16. The van der Waals surface area contributed by atoms with E-state index in [0.717, 1.165) is 5.57 Å². The Morgan fingerprint density at radius 3 is 2.26 bits per heavy atom. The Hall–Kier alpha value is -3.02. The number of hydrogen-bond donors (Lipinski definition) is 3. The van der Waals surface area contributed by atoms with Crippen molar-refractivity contribution in [3.05, 3.63) is 60.1 Å². The lowest BCUT2D eigenvalue weighted by molar-refractivity contribution is -0.111. The molecular formula is C17H19N3O3. The van der Waals surface area contributed by atoms with Gasteiger partial charge in [0.05, 0.1) is 12.8 Å². The molecule has 0 spiro atoms. The van der Waals surface area contributed by atoms with Gasteiger partial charge in [0.25, 0.3) is 0 Å². The Bertz CT molecular complexity index is 684. The van der Waals surface area contributed by atoms with Crippen molar-refractivity contribution in [2.45, 2.75) is 20.4 Å². The first-order chi connectivity index (χ1) is 11.0. The normalized spacial score (nSPS) is 9.83. The second-order valence-corrected chi connectivity index (χ2v) is 5.18. The van der Waals surface area contributed by atoms with Crippen LogP contribution < -0.4 is 16.0 Å². The fourth-order valence-electron chi connectivity index (χ4n) is 1.83. The van der Waals surface area contributed by atoms with E-state index in [0.29, 0.717) is 23.7 Å². The van der Waals surface area contributed by atoms with E-state index in [-0.39, 0.29) is 11.9 Å². The van der Waals surface area contributed by atoms with Crippen molar-refractivity contribution >= 4 is 23.3 Å². The Morgan fingerprint density at radius 2 is 1.70 bits per heavy atom. The number of allylic oxidation sites excluding steroid dienone is 1. The number of benzene rings is 1. The van der Waals surface area contributed by atoms with Crippen LogP contribution >= 0.6 is 0 Å². The molecule has 2 rings (SSSR count). The summed E-state index contributed by atoms with van der Waals surface area (Å²) in [6.45, 7) is 4.03. The molecule has 0 saturated heterocycles. The van der Waals surface area contributed by atoms with Crippen LogP contribution in [0, 0.1) is 0 Å². The number of hydrogen-bond acceptors (Lipinski definition) is 3. The minimum atomic E-state index is -0.331. The van der Waals surface area contributed by atoms with E-state index in [2.05, 4.69) is 16.0 Å². The molecule has 1 aromatic carbocycles. The lowest BCUT2D eigenvalue weighted by Crippen LogP contribution is -2.27. The third-order valence-corrected chi connectivity index (χ3v) is 2.83. The summed E-state index contributed by atoms with van der Waals surface area (Å²) in [5, 5.41) is 8.12. The highest BCUT2D eigenvalue weighted by molar-refractivity contribution is 5.99. The fraction of sp³-hybridized carbons (Fsp3) is 0.176. The van der Waals surface area contributed by atoms with E-state index in [1.165, 1.54) is 6.08 Å². The number of carbonyl (C=O) groups excluding carboxylic acids is 2. The van der Waals surface area contributed by atoms with Crippen LogP contribution in [0.15, 0.2) is 58.7 Å². The van der Waals surface area contributed by atoms with Crippen molar-refractivity contribution in [1.29, 1.82) is 0 Å². The van der Waals surface area contributed by atoms with Crippen molar-refractivity contribution < 1.29 is 14.0 Å². The second-order valence-electron chi connectivity index (χ2n) is 5.18. The van der Waals surface area contributed by atoms with Crippen molar-refractivity contribution in [1.82, 2.24) is 5.32 Å². The molecule has 0 radical (unpaired) electrons. The van der Waals surface area contributed by atoms with Gasteiger partial charge in [0, 0.05) is 17.5 Å². The molecule has 120 valence electrons. The molecule has 0 unspecified atom stereocenters. The van der Waals surface area contributed by atoms with Gasteiger partial charge in [-0.15, -0.1) is 0 Å². The average molecular weight is 313 g/mol. The minimum Gasteiger partial charge on any atom is -0.467 e. The number of carbonyl (C=O) groups is 2. The molecule has 6 nitrogen and oxygen atoms in total. The van der Waals surface area contributed by atoms with Gasteiger partial charge in [-0.3, -0.25) is 4.79 Å². The highest BCUT2D eigenvalue weighted by atomic mass is 16.3. The van der Waals surface area contributed by atoms with Crippen molar-refractivity contribution in [3.8, 4) is 0 Å². The summed E-state index contributed by atoms with van der Waals surface area (Å²) in [6.07, 6.45) is 3.07. The van der Waals surface area contributed by atoms with Crippen LogP contribution in [0.4, 0.5) is 16.2 Å². The van der Waals surface area contributed by atoms with Crippen molar-refractivity contribution in [2.75, 3.05) is 10.6 Å². The van der Waals surface area contributed by atoms with Gasteiger partial charge in [-0.1, -0.05) is 5.57 Å². The van der Waals surface area contributed by atoms with Crippen LogP contribution in [0.5, 0.6) is 0 Å². The van der Waals surface area contributed by atoms with Crippen LogP contribution in [-0.2, 0) is 11.3 Å². The second kappa shape index (κ2) is 7.84. The molecule has 0 aliphatic carbocycles. The Morgan fingerprint density at radius 1 is 1.04 bits per heavy atom. The van der Waals surface area contributed by atoms with E-state index in [1.54, 1.807) is 42.7 Å². The SMILES string of the molecule is CC(C)=CC(=O)Nc1ccc(NC(=O)NCc2ccco2)cc1. The van der Waals surface area contributed by atoms with Gasteiger partial charge < -0.3 is 20.4 Å². The summed E-state index contributed by atoms with van der Waals surface area (Å²) >= 11 is 0. The predicted octanol–water partition coefficient (Wildman–Crippen LogP) is 3.51. The maximum atomic E-state index is 11.8. The zero-order valence-corrected chi connectivity index (χ0v) is 13.1. The first kappa shape index (κ1) is 16.4. The summed E-state index contributed by atoms with van der Waals surface area (Å²) in [4.78, 5) is 23.4. The summed E-state index contributed by atoms with van der Waals surface area (Å²) in [6, 6.07) is 10.1. The number of anilines is 2. The van der Waals surface area contributed by atoms with Crippen LogP contribution in [-0.4, -0.2) is 11.9 Å². The Balaban J connectivity index is 1.83. The van der Waals surface area contributed by atoms with Crippen LogP contribution in [0.25, 0.3) is 0 Å². The highest BCUT2D eigenvalue weighted by Crippen LogP contribution is 2.13. The fourth-order valence-corrected chi connectivity index (χ4v) is 1.83. The van der Waals surface area contributed by atoms with Gasteiger partial charge in [0.2, 0.25) is 5.91 Å². The largest absolute Gasteiger partial charge is 0.467 e. The van der Waals surface area contributed by atoms with Gasteiger partial charge in [-0.2, -0.15) is 0 Å². The van der Waals surface area contributed by atoms with E-state index < -0.39 is 0 Å². The van der Waals surface area contributed by atoms with E-state index in [1.807, 2.05) is 13.8 Å². The zero-order valence-electron chi connectivity index (χ0n) is 13.1. The number of urea groups is 1. The van der Waals surface area contributed by atoms with Crippen molar-refractivity contribution in [2.24, 2.45) is 0 Å². The summed E-state index contributed by atoms with van der Waals surface area (Å²) in [5.74, 6) is 0.499. The quantitative estimate of drug-likeness (QED) is 0.739. The third-order valence-electron chi connectivity index (χ3n) is 2.83. The number of rotatable bonds is 5. The van der Waals surface area contributed by atoms with Gasteiger partial charge in [0.1, 0.15) is 5.76 Å². The molecule has 2 aromatic rings. The topological polar surface area (TPSA) is 83.4 Å². The monoisotopic (exact) mass is 313 g/mol. The molecule has 1 heterocycles. The molecule has 1 aromatic heterocycles. The summed E-state index contributed by atoms with van der Waals surface area (Å²) < 4.78 is 5.13. The van der Waals surface area contributed by atoms with Gasteiger partial charge in [-0.05, 0) is 50.2 Å². The Labute approximate surface area is 134 Å². The average Bonchev–Trinajstić information content (AvgIpc) is 3.00. The van der Waals surface area contributed by atoms with Gasteiger partial charge in [0.15, 0.2) is 0 Å². The third kappa shape index (κ3) is 5.70. The molecule has 0 saturated carbocycles. The predicted molar refractivity (Wildman–Crippen MR) is 89.1 cm³/mol. The number of furan rings is 1. The van der Waals surface area contributed by atoms with E-state index >= 15 is 0 Å². The smallest absolute Gasteiger partial charge is 0.319 e. The van der Waals surface area contributed by atoms with E-state index in [4.69, 9.17) is 4.42 Å². The summed E-state index contributed by atoms with van der Waals surface area (Å²) in [5.41, 5.74) is 2.21. The molecule has 23 heavy (non-hydrogen) atoms. The lowest BCUT2D eigenvalue weighted by atomic mass is 10.2. The number of nitrogens with one attached hydrogen (secondary N) is 3. The summed E-state index contributed by atoms with van der Waals surface area (Å²) in [7, 11) is 0. The van der Waals surface area contributed by atoms with Gasteiger partial charge >= 0.3 is 6.03 Å². The molecule has 0 fully saturated rings. The maximum absolute atomic E-state index is 11.8. The molecular weight excluding hydrogens is 294 g/mol. The van der Waals surface area contributed by atoms with Crippen LogP contribution in [0.3, 0.4) is 0 Å². The van der Waals surface area contributed by atoms with Crippen molar-refractivity contribution in [3.63, 3.8) is 0 Å². The highest BCUT2D eigenvalue weighted by Gasteiger charge is 2.04. The first-order valence-electron chi connectivity index (χ1n) is 7.16. The molecule has 0 bridgehead atoms. The lowest BCUT2D eigenvalue weighted by Gasteiger charge is -2.08. The molecule has 6 heteroatoms. The molecule has 3 N–H and O–H groups in total. The molecule has 0 aliphatic heterocycles. The molecule has 3 amide bonds. The standard InChI is InChI=1S/C17H19N3O3/c1-12(2)10-16(21)19-13-5-7-14(8-6-13)20-17(22)18-11-15-4-3-9-23-15/h3-10H,11H2,1-2H3,(H,19,21)(H2,18,20,22). The minimum absolute atomic E-state index is 0.179. The van der Waals surface area contributed by atoms with Crippen LogP contribution in [0.1, 0.15) is 19.6 Å². The zero-order chi connectivity index (χ0) is 16.7. The molecule has 0 atom stereocenters. The Kier molecular flexibility index (Phi) is 5.57. The van der Waals surface area contributed by atoms with Gasteiger partial charge in [-0.25, -0.2) is 4.79 Å². The maximum Gasteiger partial charge on any atom is 0.319 e. The van der Waals surface area contributed by atoms with E-state index in [9.17, 15) is 9.59 Å². The number of amides is 3. The van der Waals surface area contributed by atoms with Crippen LogP contribution in [0.2, 0.25) is 0 Å². The molecule has 0 aliphatic rings.